The summed E-state index contributed by atoms with van der Waals surface area (Å²) in [5.41, 5.74) is 2.79. The number of hydrogen-bond acceptors (Lipinski definition) is 4. The summed E-state index contributed by atoms with van der Waals surface area (Å²) in [7, 11) is 0. The lowest BCUT2D eigenvalue weighted by atomic mass is 10.1. The van der Waals surface area contributed by atoms with Gasteiger partial charge in [-0.3, -0.25) is 9.59 Å². The average molecular weight is 421 g/mol. The van der Waals surface area contributed by atoms with E-state index in [9.17, 15) is 9.59 Å². The molecule has 2 aromatic carbocycles. The van der Waals surface area contributed by atoms with E-state index in [-0.39, 0.29) is 17.2 Å². The third-order valence-electron chi connectivity index (χ3n) is 5.06. The molecule has 2 amide bonds. The standard InChI is InChI=1S/C23H24N4O2S/c28-21-16-30-23(27(21)15-18-5-2-1-3-6-18)20-9-7-19(8-10-20)22(29)25-11-4-13-26-14-12-24-17-26/h1-3,5-10,12,14,17,23H,4,11,13,15-16H2,(H,25,29)/t23-/m1/s1. The van der Waals surface area contributed by atoms with E-state index in [0.29, 0.717) is 24.4 Å². The molecular formula is C23H24N4O2S. The van der Waals surface area contributed by atoms with Crippen molar-refractivity contribution in [2.45, 2.75) is 24.9 Å². The lowest BCUT2D eigenvalue weighted by Crippen LogP contribution is -2.28. The van der Waals surface area contributed by atoms with E-state index in [1.165, 1.54) is 0 Å². The predicted octanol–water partition coefficient (Wildman–Crippen LogP) is 3.48. The van der Waals surface area contributed by atoms with Crippen molar-refractivity contribution in [3.8, 4) is 0 Å². The molecule has 3 aromatic rings. The van der Waals surface area contributed by atoms with E-state index < -0.39 is 0 Å². The zero-order chi connectivity index (χ0) is 20.8. The van der Waals surface area contributed by atoms with E-state index >= 15 is 0 Å². The highest BCUT2D eigenvalue weighted by atomic mass is 32.2. The van der Waals surface area contributed by atoms with Gasteiger partial charge in [0, 0.05) is 37.6 Å². The summed E-state index contributed by atoms with van der Waals surface area (Å²) in [4.78, 5) is 30.7. The summed E-state index contributed by atoms with van der Waals surface area (Å²) in [6, 6.07) is 17.6. The van der Waals surface area contributed by atoms with Gasteiger partial charge in [0.15, 0.2) is 0 Å². The number of hydrogen-bond donors (Lipinski definition) is 1. The first kappa shape index (κ1) is 20.2. The largest absolute Gasteiger partial charge is 0.352 e. The van der Waals surface area contributed by atoms with E-state index in [1.54, 1.807) is 24.3 Å². The summed E-state index contributed by atoms with van der Waals surface area (Å²) in [5, 5.41) is 2.93. The van der Waals surface area contributed by atoms with Crippen molar-refractivity contribution < 1.29 is 9.59 Å². The molecular weight excluding hydrogens is 396 g/mol. The molecule has 0 saturated carbocycles. The van der Waals surface area contributed by atoms with Crippen LogP contribution < -0.4 is 5.32 Å². The zero-order valence-corrected chi connectivity index (χ0v) is 17.4. The molecule has 7 heteroatoms. The van der Waals surface area contributed by atoms with Crippen LogP contribution in [-0.4, -0.2) is 38.6 Å². The van der Waals surface area contributed by atoms with E-state index in [1.807, 2.05) is 70.3 Å². The molecule has 1 N–H and O–H groups in total. The van der Waals surface area contributed by atoms with Crippen LogP contribution in [0.15, 0.2) is 73.3 Å². The van der Waals surface area contributed by atoms with Gasteiger partial charge in [-0.1, -0.05) is 42.5 Å². The minimum atomic E-state index is -0.0801. The molecule has 1 aromatic heterocycles. The number of aromatic nitrogens is 2. The number of carbonyl (C=O) groups is 2. The zero-order valence-electron chi connectivity index (χ0n) is 16.6. The van der Waals surface area contributed by atoms with Gasteiger partial charge in [-0.25, -0.2) is 4.98 Å². The fourth-order valence-corrected chi connectivity index (χ4v) is 4.65. The number of rotatable bonds is 8. The Labute approximate surface area is 180 Å². The molecule has 1 saturated heterocycles. The van der Waals surface area contributed by atoms with Crippen LogP contribution in [0.1, 0.15) is 33.3 Å². The molecule has 154 valence electrons. The van der Waals surface area contributed by atoms with E-state index in [0.717, 1.165) is 24.1 Å². The van der Waals surface area contributed by atoms with Crippen molar-refractivity contribution in [3.05, 3.63) is 90.0 Å². The molecule has 0 aliphatic carbocycles. The van der Waals surface area contributed by atoms with E-state index in [2.05, 4.69) is 10.3 Å². The van der Waals surface area contributed by atoms with Crippen molar-refractivity contribution in [1.29, 1.82) is 0 Å². The summed E-state index contributed by atoms with van der Waals surface area (Å²) < 4.78 is 1.99. The minimum Gasteiger partial charge on any atom is -0.352 e. The monoisotopic (exact) mass is 420 g/mol. The number of thioether (sulfide) groups is 1. The Morgan fingerprint density at radius 1 is 1.13 bits per heavy atom. The maximum absolute atomic E-state index is 12.4. The Bertz CT molecular complexity index is 974. The summed E-state index contributed by atoms with van der Waals surface area (Å²) in [5.74, 6) is 0.549. The molecule has 0 radical (unpaired) electrons. The second-order valence-corrected chi connectivity index (χ2v) is 8.27. The Kier molecular flexibility index (Phi) is 6.49. The topological polar surface area (TPSA) is 67.2 Å². The lowest BCUT2D eigenvalue weighted by molar-refractivity contribution is -0.128. The molecule has 30 heavy (non-hydrogen) atoms. The molecule has 0 bridgehead atoms. The van der Waals surface area contributed by atoms with Crippen LogP contribution in [-0.2, 0) is 17.9 Å². The Hall–Kier alpha value is -3.06. The highest BCUT2D eigenvalue weighted by molar-refractivity contribution is 8.00. The number of carbonyl (C=O) groups excluding carboxylic acids is 2. The highest BCUT2D eigenvalue weighted by Gasteiger charge is 2.32. The maximum atomic E-state index is 12.4. The average Bonchev–Trinajstić information content (AvgIpc) is 3.42. The van der Waals surface area contributed by atoms with Crippen LogP contribution in [0.3, 0.4) is 0 Å². The quantitative estimate of drug-likeness (QED) is 0.567. The molecule has 1 aliphatic rings. The molecule has 0 unspecified atom stereocenters. The molecule has 6 nitrogen and oxygen atoms in total. The van der Waals surface area contributed by atoms with Gasteiger partial charge < -0.3 is 14.8 Å². The van der Waals surface area contributed by atoms with Crippen LogP contribution in [0.2, 0.25) is 0 Å². The van der Waals surface area contributed by atoms with Gasteiger partial charge in [0.1, 0.15) is 5.37 Å². The Balaban J connectivity index is 1.33. The maximum Gasteiger partial charge on any atom is 0.251 e. The number of imidazole rings is 1. The fraction of sp³-hybridized carbons (Fsp3) is 0.261. The highest BCUT2D eigenvalue weighted by Crippen LogP contribution is 2.39. The smallest absolute Gasteiger partial charge is 0.251 e. The number of nitrogens with zero attached hydrogens (tertiary/aromatic N) is 3. The van der Waals surface area contributed by atoms with Crippen molar-refractivity contribution in [2.24, 2.45) is 0 Å². The molecule has 1 fully saturated rings. The molecule has 1 atom stereocenters. The van der Waals surface area contributed by atoms with Gasteiger partial charge in [0.25, 0.3) is 5.91 Å². The van der Waals surface area contributed by atoms with Crippen molar-refractivity contribution >= 4 is 23.6 Å². The SMILES string of the molecule is O=C(NCCCn1ccnc1)c1ccc([C@H]2SCC(=O)N2Cc2ccccc2)cc1. The second-order valence-electron chi connectivity index (χ2n) is 7.20. The van der Waals surface area contributed by atoms with E-state index in [4.69, 9.17) is 0 Å². The second kappa shape index (κ2) is 9.63. The van der Waals surface area contributed by atoms with Crippen LogP contribution in [0.5, 0.6) is 0 Å². The minimum absolute atomic E-state index is 0.0232. The predicted molar refractivity (Wildman–Crippen MR) is 118 cm³/mol. The van der Waals surface area contributed by atoms with Crippen LogP contribution in [0.25, 0.3) is 0 Å². The van der Waals surface area contributed by atoms with Crippen LogP contribution in [0, 0.1) is 0 Å². The first-order chi connectivity index (χ1) is 14.7. The Morgan fingerprint density at radius 3 is 2.67 bits per heavy atom. The lowest BCUT2D eigenvalue weighted by Gasteiger charge is -2.24. The normalized spacial score (nSPS) is 16.1. The summed E-state index contributed by atoms with van der Waals surface area (Å²) >= 11 is 1.63. The molecule has 4 rings (SSSR count). The van der Waals surface area contributed by atoms with Gasteiger partial charge in [-0.05, 0) is 29.7 Å². The van der Waals surface area contributed by atoms with Gasteiger partial charge >= 0.3 is 0 Å². The first-order valence-electron chi connectivity index (χ1n) is 9.99. The summed E-state index contributed by atoms with van der Waals surface area (Å²) in [6.07, 6.45) is 6.27. The van der Waals surface area contributed by atoms with Crippen molar-refractivity contribution in [1.82, 2.24) is 19.8 Å². The molecule has 0 spiro atoms. The van der Waals surface area contributed by atoms with Gasteiger partial charge in [0.05, 0.1) is 12.1 Å². The first-order valence-corrected chi connectivity index (χ1v) is 11.0. The van der Waals surface area contributed by atoms with Crippen molar-refractivity contribution in [2.75, 3.05) is 12.3 Å². The fourth-order valence-electron chi connectivity index (χ4n) is 3.47. The molecule has 2 heterocycles. The number of nitrogens with one attached hydrogen (secondary N) is 1. The molecule has 1 aliphatic heterocycles. The van der Waals surface area contributed by atoms with Crippen LogP contribution in [0.4, 0.5) is 0 Å². The number of aryl methyl sites for hydroxylation is 1. The third-order valence-corrected chi connectivity index (χ3v) is 6.32. The van der Waals surface area contributed by atoms with Crippen LogP contribution >= 0.6 is 11.8 Å². The summed E-state index contributed by atoms with van der Waals surface area (Å²) in [6.45, 7) is 2.02. The van der Waals surface area contributed by atoms with Gasteiger partial charge in [0.2, 0.25) is 5.91 Å². The van der Waals surface area contributed by atoms with Crippen molar-refractivity contribution in [3.63, 3.8) is 0 Å². The van der Waals surface area contributed by atoms with Gasteiger partial charge in [-0.15, -0.1) is 11.8 Å². The Morgan fingerprint density at radius 2 is 1.93 bits per heavy atom. The number of amides is 2. The van der Waals surface area contributed by atoms with Gasteiger partial charge in [-0.2, -0.15) is 0 Å². The number of benzene rings is 2. The third kappa shape index (κ3) is 4.91.